The van der Waals surface area contributed by atoms with E-state index in [9.17, 15) is 14.7 Å². The van der Waals surface area contributed by atoms with Gasteiger partial charge in [-0.15, -0.1) is 0 Å². The Morgan fingerprint density at radius 2 is 0.558 bits per heavy atom. The van der Waals surface area contributed by atoms with E-state index in [-0.39, 0.29) is 25.2 Å². The molecule has 0 heterocycles. The smallest absolute Gasteiger partial charge is 0.306 e. The van der Waals surface area contributed by atoms with Crippen LogP contribution in [-0.2, 0) is 19.1 Å². The zero-order valence-electron chi connectivity index (χ0n) is 51.7. The molecule has 5 heteroatoms. The highest BCUT2D eigenvalue weighted by molar-refractivity contribution is 5.70. The summed E-state index contributed by atoms with van der Waals surface area (Å²) in [5.74, 6) is -0.571. The Morgan fingerprint density at radius 3 is 0.844 bits per heavy atom. The van der Waals surface area contributed by atoms with Crippen molar-refractivity contribution in [2.45, 2.75) is 373 Å². The van der Waals surface area contributed by atoms with E-state index in [0.29, 0.717) is 12.8 Å². The van der Waals surface area contributed by atoms with Crippen LogP contribution in [0.3, 0.4) is 0 Å². The van der Waals surface area contributed by atoms with Crippen molar-refractivity contribution >= 4 is 11.9 Å². The molecule has 0 rings (SSSR count). The van der Waals surface area contributed by atoms with Crippen LogP contribution < -0.4 is 0 Å². The second-order valence-electron chi connectivity index (χ2n) is 23.2. The van der Waals surface area contributed by atoms with E-state index in [0.717, 1.165) is 64.2 Å². The number of hydrogen-bond donors (Lipinski definition) is 1. The lowest BCUT2D eigenvalue weighted by molar-refractivity contribution is -0.161. The maximum Gasteiger partial charge on any atom is 0.306 e. The quantitative estimate of drug-likeness (QED) is 0.0373. The molecule has 0 saturated carbocycles. The third-order valence-corrected chi connectivity index (χ3v) is 15.6. The molecule has 1 atom stereocenters. The van der Waals surface area contributed by atoms with Crippen LogP contribution >= 0.6 is 0 Å². The molecule has 0 amide bonds. The Labute approximate surface area is 481 Å². The molecule has 1 N–H and O–H groups in total. The van der Waals surface area contributed by atoms with Gasteiger partial charge in [0.25, 0.3) is 0 Å². The SMILES string of the molecule is CC/C=C\C/C=C\C/C=C\C/C=C\C/C=C\CCCCCCCCCCCCCCCCCC(=O)OC(CO)COC(=O)CCCCCCCCCCCCCCCCCCCCCCCCCCCCCCCCCC. The van der Waals surface area contributed by atoms with Crippen LogP contribution in [0.2, 0.25) is 0 Å². The first kappa shape index (κ1) is 74.6. The van der Waals surface area contributed by atoms with Gasteiger partial charge in [-0.25, -0.2) is 0 Å². The summed E-state index contributed by atoms with van der Waals surface area (Å²) >= 11 is 0. The second-order valence-corrected chi connectivity index (χ2v) is 23.2. The Bertz CT molecular complexity index is 1310. The number of rotatable bonds is 64. The standard InChI is InChI=1S/C72H132O5/c1-3-5-7-9-11-13-15-17-19-21-23-25-27-29-31-33-35-37-38-40-42-44-46-48-50-52-54-56-58-60-62-64-66-71(74)76-69-70(68-73)77-72(75)67-65-63-61-59-57-55-53-51-49-47-45-43-41-39-36-34-32-30-28-26-24-22-20-18-16-14-12-10-8-6-4-2/h6,8,12,14,18,20,24,26,30,32,70,73H,3-5,7,9-11,13,15-17,19,21-23,25,27-29,31,33-69H2,1-2H3/b8-6-,14-12-,20-18-,26-24-,32-30-. The van der Waals surface area contributed by atoms with Crippen LogP contribution in [0.15, 0.2) is 60.8 Å². The van der Waals surface area contributed by atoms with Gasteiger partial charge in [-0.3, -0.25) is 9.59 Å². The highest BCUT2D eigenvalue weighted by Crippen LogP contribution is 2.19. The van der Waals surface area contributed by atoms with Gasteiger partial charge in [0.1, 0.15) is 6.61 Å². The summed E-state index contributed by atoms with van der Waals surface area (Å²) in [6, 6.07) is 0. The average molecular weight is 1080 g/mol. The van der Waals surface area contributed by atoms with Gasteiger partial charge in [-0.2, -0.15) is 0 Å². The van der Waals surface area contributed by atoms with Gasteiger partial charge in [0.2, 0.25) is 0 Å². The molecule has 0 aromatic heterocycles. The lowest BCUT2D eigenvalue weighted by Gasteiger charge is -2.15. The summed E-state index contributed by atoms with van der Waals surface area (Å²) in [5, 5.41) is 9.70. The van der Waals surface area contributed by atoms with E-state index in [1.165, 1.54) is 276 Å². The van der Waals surface area contributed by atoms with Crippen LogP contribution in [0.5, 0.6) is 0 Å². The van der Waals surface area contributed by atoms with Crippen molar-refractivity contribution in [3.05, 3.63) is 60.8 Å². The Balaban J connectivity index is 3.41. The first-order chi connectivity index (χ1) is 38.1. The monoisotopic (exact) mass is 1080 g/mol. The number of aliphatic hydroxyl groups is 1. The molecule has 0 aliphatic rings. The molecule has 0 aromatic rings. The molecular weight excluding hydrogens is 945 g/mol. The second kappa shape index (κ2) is 67.9. The van der Waals surface area contributed by atoms with Gasteiger partial charge in [0.15, 0.2) is 6.10 Å². The summed E-state index contributed by atoms with van der Waals surface area (Å²) in [4.78, 5) is 24.6. The molecule has 0 saturated heterocycles. The van der Waals surface area contributed by atoms with Crippen molar-refractivity contribution in [3.8, 4) is 0 Å². The van der Waals surface area contributed by atoms with Gasteiger partial charge < -0.3 is 14.6 Å². The number of esters is 2. The van der Waals surface area contributed by atoms with E-state index in [4.69, 9.17) is 9.47 Å². The normalized spacial score (nSPS) is 12.5. The van der Waals surface area contributed by atoms with Crippen LogP contribution in [-0.4, -0.2) is 36.4 Å². The molecule has 0 bridgehead atoms. The minimum Gasteiger partial charge on any atom is -0.462 e. The number of carbonyl (C=O) groups is 2. The Hall–Kier alpha value is -2.40. The number of ether oxygens (including phenoxy) is 2. The van der Waals surface area contributed by atoms with Crippen LogP contribution in [0, 0.1) is 0 Å². The van der Waals surface area contributed by atoms with Crippen molar-refractivity contribution in [1.82, 2.24) is 0 Å². The lowest BCUT2D eigenvalue weighted by Crippen LogP contribution is -2.28. The summed E-state index contributed by atoms with van der Waals surface area (Å²) in [5.41, 5.74) is 0. The Morgan fingerprint density at radius 1 is 0.312 bits per heavy atom. The van der Waals surface area contributed by atoms with E-state index >= 15 is 0 Å². The first-order valence-electron chi connectivity index (χ1n) is 34.3. The molecule has 0 radical (unpaired) electrons. The number of hydrogen-bond acceptors (Lipinski definition) is 5. The van der Waals surface area contributed by atoms with Crippen molar-refractivity contribution in [1.29, 1.82) is 0 Å². The fraction of sp³-hybridized carbons (Fsp3) is 0.833. The van der Waals surface area contributed by atoms with E-state index in [2.05, 4.69) is 74.6 Å². The highest BCUT2D eigenvalue weighted by atomic mass is 16.6. The van der Waals surface area contributed by atoms with Crippen molar-refractivity contribution in [3.63, 3.8) is 0 Å². The molecule has 1 unspecified atom stereocenters. The molecule has 0 aliphatic heterocycles. The predicted octanol–water partition coefficient (Wildman–Crippen LogP) is 23.7. The average Bonchev–Trinajstić information content (AvgIpc) is 3.43. The molecule has 0 fully saturated rings. The molecule has 0 aromatic carbocycles. The van der Waals surface area contributed by atoms with Crippen LogP contribution in [0.4, 0.5) is 0 Å². The number of allylic oxidation sites excluding steroid dienone is 10. The topological polar surface area (TPSA) is 72.8 Å². The fourth-order valence-electron chi connectivity index (χ4n) is 10.5. The van der Waals surface area contributed by atoms with Crippen molar-refractivity contribution in [2.24, 2.45) is 0 Å². The zero-order valence-corrected chi connectivity index (χ0v) is 51.7. The molecule has 0 aliphatic carbocycles. The summed E-state index contributed by atoms with van der Waals surface area (Å²) < 4.78 is 10.8. The fourth-order valence-corrected chi connectivity index (χ4v) is 10.5. The van der Waals surface area contributed by atoms with E-state index < -0.39 is 6.10 Å². The van der Waals surface area contributed by atoms with Gasteiger partial charge in [0.05, 0.1) is 6.61 Å². The largest absolute Gasteiger partial charge is 0.462 e. The van der Waals surface area contributed by atoms with Gasteiger partial charge in [-0.05, 0) is 57.8 Å². The third-order valence-electron chi connectivity index (χ3n) is 15.6. The van der Waals surface area contributed by atoms with Crippen LogP contribution in [0.25, 0.3) is 0 Å². The van der Waals surface area contributed by atoms with Gasteiger partial charge in [-0.1, -0.05) is 357 Å². The van der Waals surface area contributed by atoms with Crippen LogP contribution in [0.1, 0.15) is 367 Å². The van der Waals surface area contributed by atoms with E-state index in [1.807, 2.05) is 0 Å². The number of aliphatic hydroxyl groups excluding tert-OH is 1. The van der Waals surface area contributed by atoms with Gasteiger partial charge >= 0.3 is 11.9 Å². The molecule has 0 spiro atoms. The minimum atomic E-state index is -0.773. The summed E-state index contributed by atoms with van der Waals surface area (Å²) in [7, 11) is 0. The summed E-state index contributed by atoms with van der Waals surface area (Å²) in [6.07, 6.45) is 92.6. The van der Waals surface area contributed by atoms with Gasteiger partial charge in [0, 0.05) is 12.8 Å². The molecule has 5 nitrogen and oxygen atoms in total. The first-order valence-corrected chi connectivity index (χ1v) is 34.3. The van der Waals surface area contributed by atoms with Crippen molar-refractivity contribution < 1.29 is 24.2 Å². The summed E-state index contributed by atoms with van der Waals surface area (Å²) in [6.45, 7) is 4.08. The molecule has 450 valence electrons. The molecule has 77 heavy (non-hydrogen) atoms. The minimum absolute atomic E-state index is 0.0618. The molecular formula is C72H132O5. The highest BCUT2D eigenvalue weighted by Gasteiger charge is 2.16. The Kier molecular flexibility index (Phi) is 65.8. The van der Waals surface area contributed by atoms with E-state index in [1.54, 1.807) is 0 Å². The number of unbranched alkanes of at least 4 members (excludes halogenated alkanes) is 46. The maximum absolute atomic E-state index is 12.4. The zero-order chi connectivity index (χ0) is 55.5. The maximum atomic E-state index is 12.4. The third kappa shape index (κ3) is 66.0. The predicted molar refractivity (Wildman–Crippen MR) is 339 cm³/mol. The van der Waals surface area contributed by atoms with Crippen molar-refractivity contribution in [2.75, 3.05) is 13.2 Å². The number of carbonyl (C=O) groups excluding carboxylic acids is 2. The lowest BCUT2D eigenvalue weighted by atomic mass is 10.0.